The summed E-state index contributed by atoms with van der Waals surface area (Å²) in [7, 11) is 0. The lowest BCUT2D eigenvalue weighted by atomic mass is 9.99. The number of nitrogens with zero attached hydrogens (tertiary/aromatic N) is 1. The van der Waals surface area contributed by atoms with Crippen LogP contribution < -0.4 is 5.32 Å². The number of aliphatic hydroxyl groups is 1. The predicted octanol–water partition coefficient (Wildman–Crippen LogP) is 0.900. The van der Waals surface area contributed by atoms with E-state index >= 15 is 0 Å². The minimum atomic E-state index is -0.992. The number of nitrogens with one attached hydrogen (secondary N) is 1. The molecule has 0 aliphatic carbocycles. The minimum absolute atomic E-state index is 0.0997. The Bertz CT molecular complexity index is 322. The molecule has 2 unspecified atom stereocenters. The second-order valence-electron chi connectivity index (χ2n) is 5.26. The van der Waals surface area contributed by atoms with Gasteiger partial charge in [0.15, 0.2) is 0 Å². The molecule has 1 saturated heterocycles. The molecule has 1 aliphatic rings. The molecule has 2 amide bonds. The number of rotatable bonds is 6. The Hall–Kier alpha value is -1.30. The number of amides is 2. The molecule has 0 saturated carbocycles. The summed E-state index contributed by atoms with van der Waals surface area (Å²) in [4.78, 5) is 24.8. The Morgan fingerprint density at radius 1 is 1.47 bits per heavy atom. The van der Waals surface area contributed by atoms with E-state index in [9.17, 15) is 9.59 Å². The quantitative estimate of drug-likeness (QED) is 0.670. The van der Waals surface area contributed by atoms with Gasteiger partial charge in [-0.1, -0.05) is 20.3 Å². The second kappa shape index (κ2) is 7.33. The molecule has 0 aromatic carbocycles. The maximum Gasteiger partial charge on any atom is 0.326 e. The van der Waals surface area contributed by atoms with Gasteiger partial charge in [0.2, 0.25) is 0 Å². The van der Waals surface area contributed by atoms with Crippen molar-refractivity contribution in [3.63, 3.8) is 0 Å². The van der Waals surface area contributed by atoms with E-state index in [0.29, 0.717) is 31.8 Å². The van der Waals surface area contributed by atoms with Crippen molar-refractivity contribution in [2.24, 2.45) is 11.8 Å². The first kappa shape index (κ1) is 15.8. The van der Waals surface area contributed by atoms with Crippen LogP contribution in [0, 0.1) is 11.8 Å². The SMILES string of the molecule is CCC(C)[C@H](NC(=O)N1CCC(CCO)C1)C(=O)O. The number of hydrogen-bond acceptors (Lipinski definition) is 3. The summed E-state index contributed by atoms with van der Waals surface area (Å²) in [5.41, 5.74) is 0. The molecule has 6 heteroatoms. The van der Waals surface area contributed by atoms with E-state index in [1.807, 2.05) is 13.8 Å². The fourth-order valence-electron chi connectivity index (χ4n) is 2.34. The van der Waals surface area contributed by atoms with E-state index in [0.717, 1.165) is 6.42 Å². The van der Waals surface area contributed by atoms with Crippen molar-refractivity contribution in [2.45, 2.75) is 39.2 Å². The monoisotopic (exact) mass is 272 g/mol. The van der Waals surface area contributed by atoms with Crippen LogP contribution in [0.5, 0.6) is 0 Å². The molecule has 0 aromatic heterocycles. The van der Waals surface area contributed by atoms with Crippen LogP contribution >= 0.6 is 0 Å². The molecule has 0 bridgehead atoms. The Kier molecular flexibility index (Phi) is 6.08. The number of urea groups is 1. The molecular weight excluding hydrogens is 248 g/mol. The first-order valence-electron chi connectivity index (χ1n) is 6.88. The van der Waals surface area contributed by atoms with E-state index in [2.05, 4.69) is 5.32 Å². The molecular formula is C13H24N2O4. The number of aliphatic hydroxyl groups excluding tert-OH is 1. The molecule has 3 atom stereocenters. The van der Waals surface area contributed by atoms with E-state index in [1.54, 1.807) is 4.90 Å². The molecule has 0 radical (unpaired) electrons. The van der Waals surface area contributed by atoms with Crippen LogP contribution in [0.3, 0.4) is 0 Å². The first-order chi connectivity index (χ1) is 8.99. The summed E-state index contributed by atoms with van der Waals surface area (Å²) in [6, 6.07) is -1.15. The van der Waals surface area contributed by atoms with Crippen LogP contribution in [0.1, 0.15) is 33.1 Å². The van der Waals surface area contributed by atoms with Crippen molar-refractivity contribution in [1.29, 1.82) is 0 Å². The van der Waals surface area contributed by atoms with Crippen LogP contribution in [0.15, 0.2) is 0 Å². The molecule has 1 fully saturated rings. The standard InChI is InChI=1S/C13H24N2O4/c1-3-9(2)11(12(17)18)14-13(19)15-6-4-10(8-15)5-7-16/h9-11,16H,3-8H2,1-2H3,(H,14,19)(H,17,18)/t9?,10?,11-/m0/s1. The van der Waals surface area contributed by atoms with Gasteiger partial charge in [0.25, 0.3) is 0 Å². The van der Waals surface area contributed by atoms with Crippen molar-refractivity contribution in [3.8, 4) is 0 Å². The van der Waals surface area contributed by atoms with Crippen LogP contribution in [-0.4, -0.2) is 52.9 Å². The molecule has 19 heavy (non-hydrogen) atoms. The van der Waals surface area contributed by atoms with Crippen molar-refractivity contribution >= 4 is 12.0 Å². The lowest BCUT2D eigenvalue weighted by Crippen LogP contribution is -2.50. The minimum Gasteiger partial charge on any atom is -0.480 e. The summed E-state index contributed by atoms with van der Waals surface area (Å²) < 4.78 is 0. The third kappa shape index (κ3) is 4.38. The van der Waals surface area contributed by atoms with Crippen molar-refractivity contribution in [2.75, 3.05) is 19.7 Å². The number of carboxylic acid groups (broad SMARTS) is 1. The van der Waals surface area contributed by atoms with Crippen LogP contribution in [-0.2, 0) is 4.79 Å². The van der Waals surface area contributed by atoms with E-state index < -0.39 is 12.0 Å². The van der Waals surface area contributed by atoms with Gasteiger partial charge in [0.1, 0.15) is 6.04 Å². The Morgan fingerprint density at radius 2 is 2.16 bits per heavy atom. The fraction of sp³-hybridized carbons (Fsp3) is 0.846. The molecule has 1 rings (SSSR count). The van der Waals surface area contributed by atoms with Crippen molar-refractivity contribution < 1.29 is 19.8 Å². The first-order valence-corrected chi connectivity index (χ1v) is 6.88. The van der Waals surface area contributed by atoms with Gasteiger partial charge >= 0.3 is 12.0 Å². The van der Waals surface area contributed by atoms with Crippen LogP contribution in [0.4, 0.5) is 4.79 Å². The number of aliphatic carboxylic acids is 1. The normalized spacial score (nSPS) is 22.1. The largest absolute Gasteiger partial charge is 0.480 e. The predicted molar refractivity (Wildman–Crippen MR) is 70.8 cm³/mol. The topological polar surface area (TPSA) is 89.9 Å². The summed E-state index contributed by atoms with van der Waals surface area (Å²) in [5.74, 6) is -0.770. The van der Waals surface area contributed by atoms with Gasteiger partial charge in [-0.3, -0.25) is 0 Å². The van der Waals surface area contributed by atoms with Gasteiger partial charge in [0, 0.05) is 19.7 Å². The Morgan fingerprint density at radius 3 is 2.68 bits per heavy atom. The van der Waals surface area contributed by atoms with Gasteiger partial charge in [-0.05, 0) is 24.7 Å². The van der Waals surface area contributed by atoms with Gasteiger partial charge in [-0.25, -0.2) is 9.59 Å². The number of hydrogen-bond donors (Lipinski definition) is 3. The van der Waals surface area contributed by atoms with E-state index in [-0.39, 0.29) is 18.6 Å². The number of carboxylic acids is 1. The van der Waals surface area contributed by atoms with E-state index in [4.69, 9.17) is 10.2 Å². The second-order valence-corrected chi connectivity index (χ2v) is 5.26. The van der Waals surface area contributed by atoms with Crippen molar-refractivity contribution in [1.82, 2.24) is 10.2 Å². The van der Waals surface area contributed by atoms with Gasteiger partial charge in [-0.15, -0.1) is 0 Å². The van der Waals surface area contributed by atoms with Crippen LogP contribution in [0.2, 0.25) is 0 Å². The van der Waals surface area contributed by atoms with Gasteiger partial charge < -0.3 is 20.4 Å². The number of carbonyl (C=O) groups is 2. The van der Waals surface area contributed by atoms with E-state index in [1.165, 1.54) is 0 Å². The Balaban J connectivity index is 2.51. The highest BCUT2D eigenvalue weighted by molar-refractivity contribution is 5.82. The highest BCUT2D eigenvalue weighted by Crippen LogP contribution is 2.19. The molecule has 0 aromatic rings. The average molecular weight is 272 g/mol. The lowest BCUT2D eigenvalue weighted by molar-refractivity contribution is -0.140. The molecule has 110 valence electrons. The zero-order valence-electron chi connectivity index (χ0n) is 11.6. The lowest BCUT2D eigenvalue weighted by Gasteiger charge is -2.24. The van der Waals surface area contributed by atoms with Crippen molar-refractivity contribution in [3.05, 3.63) is 0 Å². The fourth-order valence-corrected chi connectivity index (χ4v) is 2.34. The zero-order chi connectivity index (χ0) is 14.4. The summed E-state index contributed by atoms with van der Waals surface area (Å²) in [6.07, 6.45) is 2.26. The molecule has 0 spiro atoms. The maximum absolute atomic E-state index is 12.0. The van der Waals surface area contributed by atoms with Gasteiger partial charge in [-0.2, -0.15) is 0 Å². The van der Waals surface area contributed by atoms with Gasteiger partial charge in [0.05, 0.1) is 0 Å². The maximum atomic E-state index is 12.0. The highest BCUT2D eigenvalue weighted by Gasteiger charge is 2.30. The van der Waals surface area contributed by atoms with Crippen LogP contribution in [0.25, 0.3) is 0 Å². The molecule has 3 N–H and O–H groups in total. The smallest absolute Gasteiger partial charge is 0.326 e. The highest BCUT2D eigenvalue weighted by atomic mass is 16.4. The number of carbonyl (C=O) groups excluding carboxylic acids is 1. The summed E-state index contributed by atoms with van der Waals surface area (Å²) in [6.45, 7) is 5.07. The third-order valence-electron chi connectivity index (χ3n) is 3.87. The molecule has 1 heterocycles. The number of likely N-dealkylation sites (tertiary alicyclic amines) is 1. The third-order valence-corrected chi connectivity index (χ3v) is 3.87. The average Bonchev–Trinajstić information content (AvgIpc) is 2.83. The Labute approximate surface area is 113 Å². The molecule has 1 aliphatic heterocycles. The summed E-state index contributed by atoms with van der Waals surface area (Å²) in [5, 5.41) is 20.6. The summed E-state index contributed by atoms with van der Waals surface area (Å²) >= 11 is 0. The zero-order valence-corrected chi connectivity index (χ0v) is 11.6. The molecule has 6 nitrogen and oxygen atoms in total.